The van der Waals surface area contributed by atoms with Crippen molar-refractivity contribution in [3.63, 3.8) is 0 Å². The number of hydrogen-bond acceptors (Lipinski definition) is 5. The summed E-state index contributed by atoms with van der Waals surface area (Å²) >= 11 is 0. The molecule has 0 radical (unpaired) electrons. The van der Waals surface area contributed by atoms with Gasteiger partial charge in [-0.1, -0.05) is 12.1 Å². The fourth-order valence-corrected chi connectivity index (χ4v) is 1.76. The molecule has 1 aromatic rings. The SMILES string of the molecule is COc1ccc(C[C@H](NC(=O)[C@@H](N)CC(=O)O)C(=O)O)cc1. The largest absolute Gasteiger partial charge is 0.497 e. The maximum Gasteiger partial charge on any atom is 0.326 e. The summed E-state index contributed by atoms with van der Waals surface area (Å²) in [4.78, 5) is 33.4. The van der Waals surface area contributed by atoms with Crippen LogP contribution in [-0.2, 0) is 20.8 Å². The van der Waals surface area contributed by atoms with Crippen LogP contribution in [0.25, 0.3) is 0 Å². The van der Waals surface area contributed by atoms with E-state index in [4.69, 9.17) is 20.7 Å². The maximum absolute atomic E-state index is 11.7. The van der Waals surface area contributed by atoms with Crippen molar-refractivity contribution in [2.24, 2.45) is 5.73 Å². The predicted molar refractivity (Wildman–Crippen MR) is 76.5 cm³/mol. The lowest BCUT2D eigenvalue weighted by molar-refractivity contribution is -0.142. The summed E-state index contributed by atoms with van der Waals surface area (Å²) in [5.74, 6) is -2.65. The summed E-state index contributed by atoms with van der Waals surface area (Å²) in [6.07, 6.45) is -0.522. The van der Waals surface area contributed by atoms with E-state index in [0.717, 1.165) is 0 Å². The van der Waals surface area contributed by atoms with Gasteiger partial charge in [-0.25, -0.2) is 4.79 Å². The van der Waals surface area contributed by atoms with E-state index in [-0.39, 0.29) is 6.42 Å². The monoisotopic (exact) mass is 310 g/mol. The van der Waals surface area contributed by atoms with Gasteiger partial charge in [-0.15, -0.1) is 0 Å². The van der Waals surface area contributed by atoms with Gasteiger partial charge in [-0.2, -0.15) is 0 Å². The number of nitrogens with one attached hydrogen (secondary N) is 1. The molecule has 0 unspecified atom stereocenters. The number of carboxylic acids is 2. The fraction of sp³-hybridized carbons (Fsp3) is 0.357. The summed E-state index contributed by atoms with van der Waals surface area (Å²) in [7, 11) is 1.51. The molecule has 0 saturated heterocycles. The Balaban J connectivity index is 2.70. The molecule has 0 aliphatic heterocycles. The number of amides is 1. The standard InChI is InChI=1S/C14H18N2O6/c1-22-9-4-2-8(3-5-9)6-11(14(20)21)16-13(19)10(15)7-12(17)18/h2-5,10-11H,6-7,15H2,1H3,(H,16,19)(H,17,18)(H,20,21)/t10-,11-/m0/s1. The highest BCUT2D eigenvalue weighted by atomic mass is 16.5. The molecular weight excluding hydrogens is 292 g/mol. The molecule has 0 aliphatic carbocycles. The van der Waals surface area contributed by atoms with Crippen LogP contribution in [0.4, 0.5) is 0 Å². The maximum atomic E-state index is 11.7. The van der Waals surface area contributed by atoms with Crippen LogP contribution in [0.5, 0.6) is 5.75 Å². The topological polar surface area (TPSA) is 139 Å². The Hall–Kier alpha value is -2.61. The highest BCUT2D eigenvalue weighted by Crippen LogP contribution is 2.13. The first kappa shape index (κ1) is 17.4. The Labute approximate surface area is 126 Å². The number of ether oxygens (including phenoxy) is 1. The van der Waals surface area contributed by atoms with Crippen LogP contribution in [0, 0.1) is 0 Å². The average molecular weight is 310 g/mol. The molecule has 0 saturated carbocycles. The summed E-state index contributed by atoms with van der Waals surface area (Å²) in [6, 6.07) is 4.21. The summed E-state index contributed by atoms with van der Waals surface area (Å²) in [6.45, 7) is 0. The minimum atomic E-state index is -1.30. The molecular formula is C14H18N2O6. The average Bonchev–Trinajstić information content (AvgIpc) is 2.46. The second kappa shape index (κ2) is 7.99. The van der Waals surface area contributed by atoms with Gasteiger partial charge in [-0.05, 0) is 17.7 Å². The van der Waals surface area contributed by atoms with Crippen LogP contribution >= 0.6 is 0 Å². The smallest absolute Gasteiger partial charge is 0.326 e. The third-order valence-electron chi connectivity index (χ3n) is 2.94. The third kappa shape index (κ3) is 5.41. The van der Waals surface area contributed by atoms with Crippen LogP contribution in [0.3, 0.4) is 0 Å². The van der Waals surface area contributed by atoms with Gasteiger partial charge in [0.1, 0.15) is 11.8 Å². The Kier molecular flexibility index (Phi) is 6.33. The van der Waals surface area contributed by atoms with Gasteiger partial charge in [0.25, 0.3) is 0 Å². The Morgan fingerprint density at radius 3 is 2.27 bits per heavy atom. The first-order chi connectivity index (χ1) is 10.3. The van der Waals surface area contributed by atoms with E-state index in [9.17, 15) is 14.4 Å². The van der Waals surface area contributed by atoms with Crippen molar-refractivity contribution in [1.82, 2.24) is 5.32 Å². The summed E-state index contributed by atoms with van der Waals surface area (Å²) in [5.41, 5.74) is 6.08. The van der Waals surface area contributed by atoms with Crippen molar-refractivity contribution in [2.45, 2.75) is 24.9 Å². The van der Waals surface area contributed by atoms with Crippen molar-refractivity contribution in [3.8, 4) is 5.75 Å². The highest BCUT2D eigenvalue weighted by Gasteiger charge is 2.24. The van der Waals surface area contributed by atoms with Gasteiger partial charge in [0, 0.05) is 6.42 Å². The van der Waals surface area contributed by atoms with Crippen LogP contribution in [-0.4, -0.2) is 47.3 Å². The lowest BCUT2D eigenvalue weighted by Crippen LogP contribution is -2.49. The van der Waals surface area contributed by atoms with E-state index in [2.05, 4.69) is 5.32 Å². The molecule has 120 valence electrons. The fourth-order valence-electron chi connectivity index (χ4n) is 1.76. The van der Waals surface area contributed by atoms with Gasteiger partial charge in [0.05, 0.1) is 19.6 Å². The zero-order valence-electron chi connectivity index (χ0n) is 12.0. The number of aliphatic carboxylic acids is 2. The van der Waals surface area contributed by atoms with Gasteiger partial charge >= 0.3 is 11.9 Å². The van der Waals surface area contributed by atoms with Gasteiger partial charge < -0.3 is 26.0 Å². The third-order valence-corrected chi connectivity index (χ3v) is 2.94. The molecule has 1 amide bonds. The number of carbonyl (C=O) groups excluding carboxylic acids is 1. The number of benzene rings is 1. The van der Waals surface area contributed by atoms with Crippen molar-refractivity contribution < 1.29 is 29.3 Å². The second-order valence-corrected chi connectivity index (χ2v) is 4.66. The number of carboxylic acid groups (broad SMARTS) is 2. The molecule has 0 fully saturated rings. The molecule has 0 heterocycles. The van der Waals surface area contributed by atoms with Crippen molar-refractivity contribution >= 4 is 17.8 Å². The quantitative estimate of drug-likeness (QED) is 0.512. The van der Waals surface area contributed by atoms with E-state index >= 15 is 0 Å². The first-order valence-corrected chi connectivity index (χ1v) is 6.47. The Morgan fingerprint density at radius 2 is 1.82 bits per heavy atom. The van der Waals surface area contributed by atoms with Crippen molar-refractivity contribution in [1.29, 1.82) is 0 Å². The first-order valence-electron chi connectivity index (χ1n) is 6.47. The number of carbonyl (C=O) groups is 3. The van der Waals surface area contributed by atoms with E-state index in [1.54, 1.807) is 24.3 Å². The van der Waals surface area contributed by atoms with Crippen molar-refractivity contribution in [3.05, 3.63) is 29.8 Å². The molecule has 0 bridgehead atoms. The molecule has 2 atom stereocenters. The molecule has 8 nitrogen and oxygen atoms in total. The van der Waals surface area contributed by atoms with Gasteiger partial charge in [-0.3, -0.25) is 9.59 Å². The van der Waals surface area contributed by atoms with Crippen molar-refractivity contribution in [2.75, 3.05) is 7.11 Å². The van der Waals surface area contributed by atoms with Crippen LogP contribution < -0.4 is 15.8 Å². The second-order valence-electron chi connectivity index (χ2n) is 4.66. The molecule has 0 spiro atoms. The molecule has 8 heteroatoms. The number of nitrogens with two attached hydrogens (primary N) is 1. The van der Waals surface area contributed by atoms with E-state index in [1.165, 1.54) is 7.11 Å². The molecule has 1 rings (SSSR count). The molecule has 22 heavy (non-hydrogen) atoms. The van der Waals surface area contributed by atoms with Gasteiger partial charge in [0.2, 0.25) is 5.91 Å². The summed E-state index contributed by atoms with van der Waals surface area (Å²) in [5, 5.41) is 20.0. The van der Waals surface area contributed by atoms with Crippen LogP contribution in [0.2, 0.25) is 0 Å². The van der Waals surface area contributed by atoms with E-state index in [1.807, 2.05) is 0 Å². The number of hydrogen-bond donors (Lipinski definition) is 4. The minimum absolute atomic E-state index is 0.0465. The van der Waals surface area contributed by atoms with E-state index < -0.39 is 36.4 Å². The van der Waals surface area contributed by atoms with Gasteiger partial charge in [0.15, 0.2) is 0 Å². The molecule has 1 aromatic carbocycles. The lowest BCUT2D eigenvalue weighted by atomic mass is 10.0. The number of methoxy groups -OCH3 is 1. The Bertz CT molecular complexity index is 543. The molecule has 0 aromatic heterocycles. The predicted octanol–water partition coefficient (Wildman–Crippen LogP) is -0.391. The highest BCUT2D eigenvalue weighted by molar-refractivity contribution is 5.89. The van der Waals surface area contributed by atoms with E-state index in [0.29, 0.717) is 11.3 Å². The molecule has 0 aliphatic rings. The summed E-state index contributed by atoms with van der Waals surface area (Å²) < 4.78 is 5.00. The molecule has 5 N–H and O–H groups in total. The van der Waals surface area contributed by atoms with Crippen LogP contribution in [0.1, 0.15) is 12.0 Å². The Morgan fingerprint density at radius 1 is 1.23 bits per heavy atom. The minimum Gasteiger partial charge on any atom is -0.497 e. The normalized spacial score (nSPS) is 13.0. The van der Waals surface area contributed by atoms with Crippen LogP contribution in [0.15, 0.2) is 24.3 Å². The lowest BCUT2D eigenvalue weighted by Gasteiger charge is -2.17. The number of rotatable bonds is 8. The zero-order chi connectivity index (χ0) is 16.7. The zero-order valence-corrected chi connectivity index (χ0v) is 12.0.